The van der Waals surface area contributed by atoms with Crippen LogP contribution in [0.25, 0.3) is 0 Å². The maximum Gasteiger partial charge on any atom is 0.339 e. The van der Waals surface area contributed by atoms with Gasteiger partial charge in [-0.25, -0.2) is 9.18 Å². The first kappa shape index (κ1) is 13.4. The Hall–Kier alpha value is -2.01. The molecule has 100 valence electrons. The molecule has 0 bridgehead atoms. The summed E-state index contributed by atoms with van der Waals surface area (Å²) in [4.78, 5) is 10.8. The lowest BCUT2D eigenvalue weighted by molar-refractivity contribution is 0.0695. The number of carboxylic acid groups (broad SMARTS) is 1. The third-order valence-electron chi connectivity index (χ3n) is 2.58. The number of nitrogens with one attached hydrogen (secondary N) is 1. The maximum absolute atomic E-state index is 13.5. The molecule has 0 atom stereocenters. The second-order valence-corrected chi connectivity index (χ2v) is 4.40. The van der Waals surface area contributed by atoms with Crippen LogP contribution in [-0.4, -0.2) is 11.1 Å². The molecule has 19 heavy (non-hydrogen) atoms. The summed E-state index contributed by atoms with van der Waals surface area (Å²) in [5.41, 5.74) is 0.378. The molecule has 1 heterocycles. The fraction of sp³-hybridized carbons (Fsp3) is 0.154. The molecule has 0 saturated heterocycles. The Labute approximate surface area is 113 Å². The first-order valence-electron chi connectivity index (χ1n) is 5.49. The molecule has 0 fully saturated rings. The molecule has 1 aromatic carbocycles. The van der Waals surface area contributed by atoms with Crippen LogP contribution in [0.1, 0.15) is 21.9 Å². The molecule has 0 unspecified atom stereocenters. The van der Waals surface area contributed by atoms with Crippen LogP contribution < -0.4 is 5.32 Å². The Kier molecular flexibility index (Phi) is 3.76. The van der Waals surface area contributed by atoms with Gasteiger partial charge in [0, 0.05) is 5.02 Å². The number of furan rings is 1. The average Bonchev–Trinajstić information content (AvgIpc) is 2.69. The minimum Gasteiger partial charge on any atom is -0.478 e. The summed E-state index contributed by atoms with van der Waals surface area (Å²) in [6.45, 7) is 1.75. The summed E-state index contributed by atoms with van der Waals surface area (Å²) < 4.78 is 18.8. The van der Waals surface area contributed by atoms with Crippen molar-refractivity contribution in [3.05, 3.63) is 52.2 Å². The highest BCUT2D eigenvalue weighted by Crippen LogP contribution is 2.21. The summed E-state index contributed by atoms with van der Waals surface area (Å²) >= 11 is 5.64. The number of carbonyl (C=O) groups is 1. The SMILES string of the molecule is Cc1oc(CNc2ccc(Cl)cc2F)cc1C(=O)O. The molecule has 0 aliphatic rings. The van der Waals surface area contributed by atoms with E-state index in [0.717, 1.165) is 0 Å². The number of benzene rings is 1. The minimum atomic E-state index is -1.05. The van der Waals surface area contributed by atoms with Gasteiger partial charge in [0.05, 0.1) is 12.2 Å². The van der Waals surface area contributed by atoms with Crippen LogP contribution in [-0.2, 0) is 6.54 Å². The van der Waals surface area contributed by atoms with E-state index in [1.54, 1.807) is 13.0 Å². The Morgan fingerprint density at radius 2 is 2.21 bits per heavy atom. The minimum absolute atomic E-state index is 0.105. The predicted molar refractivity (Wildman–Crippen MR) is 69.1 cm³/mol. The highest BCUT2D eigenvalue weighted by atomic mass is 35.5. The molecule has 0 radical (unpaired) electrons. The summed E-state index contributed by atoms with van der Waals surface area (Å²) in [7, 11) is 0. The standard InChI is InChI=1S/C13H11ClFNO3/c1-7-10(13(17)18)5-9(19-7)6-16-12-3-2-8(14)4-11(12)15/h2-5,16H,6H2,1H3,(H,17,18). The van der Waals surface area contributed by atoms with E-state index >= 15 is 0 Å². The summed E-state index contributed by atoms with van der Waals surface area (Å²) in [5.74, 6) is -0.787. The van der Waals surface area contributed by atoms with Crippen LogP contribution in [0.15, 0.2) is 28.7 Å². The number of rotatable bonds is 4. The summed E-state index contributed by atoms with van der Waals surface area (Å²) in [6, 6.07) is 5.67. The van der Waals surface area contributed by atoms with Gasteiger partial charge < -0.3 is 14.8 Å². The van der Waals surface area contributed by atoms with Gasteiger partial charge in [0.1, 0.15) is 22.9 Å². The topological polar surface area (TPSA) is 62.5 Å². The molecule has 1 aromatic heterocycles. The zero-order valence-electron chi connectivity index (χ0n) is 10.0. The molecular weight excluding hydrogens is 273 g/mol. The number of halogens is 2. The van der Waals surface area contributed by atoms with Gasteiger partial charge in [-0.15, -0.1) is 0 Å². The van der Waals surface area contributed by atoms with Crippen molar-refractivity contribution < 1.29 is 18.7 Å². The first-order valence-corrected chi connectivity index (χ1v) is 5.86. The third-order valence-corrected chi connectivity index (χ3v) is 2.82. The molecule has 2 rings (SSSR count). The number of aryl methyl sites for hydroxylation is 1. The van der Waals surface area contributed by atoms with E-state index in [1.807, 2.05) is 0 Å². The Morgan fingerprint density at radius 3 is 2.79 bits per heavy atom. The number of anilines is 1. The molecule has 2 aromatic rings. The van der Waals surface area contributed by atoms with Crippen molar-refractivity contribution in [1.82, 2.24) is 0 Å². The second-order valence-electron chi connectivity index (χ2n) is 3.97. The van der Waals surface area contributed by atoms with Gasteiger partial charge in [-0.2, -0.15) is 0 Å². The summed E-state index contributed by atoms with van der Waals surface area (Å²) in [5, 5.41) is 12.0. The van der Waals surface area contributed by atoms with Gasteiger partial charge in [-0.3, -0.25) is 0 Å². The van der Waals surface area contributed by atoms with Crippen molar-refractivity contribution in [2.24, 2.45) is 0 Å². The predicted octanol–water partition coefficient (Wildman–Crippen LogP) is 3.69. The highest BCUT2D eigenvalue weighted by molar-refractivity contribution is 6.30. The highest BCUT2D eigenvalue weighted by Gasteiger charge is 2.13. The quantitative estimate of drug-likeness (QED) is 0.898. The average molecular weight is 284 g/mol. The number of hydrogen-bond acceptors (Lipinski definition) is 3. The number of carboxylic acids is 1. The van der Waals surface area contributed by atoms with E-state index in [-0.39, 0.29) is 17.8 Å². The van der Waals surface area contributed by atoms with E-state index in [4.69, 9.17) is 21.1 Å². The number of hydrogen-bond donors (Lipinski definition) is 2. The molecule has 0 aliphatic heterocycles. The van der Waals surface area contributed by atoms with Crippen molar-refractivity contribution in [2.75, 3.05) is 5.32 Å². The Balaban J connectivity index is 2.10. The van der Waals surface area contributed by atoms with Crippen LogP contribution >= 0.6 is 11.6 Å². The van der Waals surface area contributed by atoms with Crippen molar-refractivity contribution in [2.45, 2.75) is 13.5 Å². The van der Waals surface area contributed by atoms with Crippen molar-refractivity contribution in [3.63, 3.8) is 0 Å². The maximum atomic E-state index is 13.5. The van der Waals surface area contributed by atoms with Crippen LogP contribution in [0.5, 0.6) is 0 Å². The Bertz CT molecular complexity index is 624. The van der Waals surface area contributed by atoms with Gasteiger partial charge in [0.25, 0.3) is 0 Å². The summed E-state index contributed by atoms with van der Waals surface area (Å²) in [6.07, 6.45) is 0. The fourth-order valence-electron chi connectivity index (χ4n) is 1.66. The second kappa shape index (κ2) is 5.32. The van der Waals surface area contributed by atoms with Gasteiger partial charge in [-0.1, -0.05) is 11.6 Å². The van der Waals surface area contributed by atoms with Gasteiger partial charge in [0.2, 0.25) is 0 Å². The largest absolute Gasteiger partial charge is 0.478 e. The fourth-order valence-corrected chi connectivity index (χ4v) is 1.82. The molecule has 4 nitrogen and oxygen atoms in total. The van der Waals surface area contributed by atoms with Crippen molar-refractivity contribution >= 4 is 23.3 Å². The first-order chi connectivity index (χ1) is 8.97. The molecular formula is C13H11ClFNO3. The lowest BCUT2D eigenvalue weighted by atomic mass is 10.2. The van der Waals surface area contributed by atoms with Crippen LogP contribution in [0.2, 0.25) is 5.02 Å². The molecule has 0 amide bonds. The molecule has 0 saturated carbocycles. The van der Waals surface area contributed by atoms with Gasteiger partial charge >= 0.3 is 5.97 Å². The van der Waals surface area contributed by atoms with E-state index < -0.39 is 11.8 Å². The zero-order valence-corrected chi connectivity index (χ0v) is 10.8. The van der Waals surface area contributed by atoms with Crippen LogP contribution in [0, 0.1) is 12.7 Å². The van der Waals surface area contributed by atoms with Crippen LogP contribution in [0.4, 0.5) is 10.1 Å². The van der Waals surface area contributed by atoms with E-state index in [2.05, 4.69) is 5.32 Å². The third kappa shape index (κ3) is 3.06. The molecule has 2 N–H and O–H groups in total. The van der Waals surface area contributed by atoms with E-state index in [9.17, 15) is 9.18 Å². The molecule has 0 spiro atoms. The lowest BCUT2D eigenvalue weighted by Gasteiger charge is -2.05. The monoisotopic (exact) mass is 283 g/mol. The smallest absolute Gasteiger partial charge is 0.339 e. The van der Waals surface area contributed by atoms with Gasteiger partial charge in [-0.05, 0) is 31.2 Å². The van der Waals surface area contributed by atoms with E-state index in [1.165, 1.54) is 18.2 Å². The number of aromatic carboxylic acids is 1. The van der Waals surface area contributed by atoms with Crippen molar-refractivity contribution in [1.29, 1.82) is 0 Å². The van der Waals surface area contributed by atoms with Gasteiger partial charge in [0.15, 0.2) is 0 Å². The molecule has 6 heteroatoms. The van der Waals surface area contributed by atoms with E-state index in [0.29, 0.717) is 16.5 Å². The van der Waals surface area contributed by atoms with Crippen molar-refractivity contribution in [3.8, 4) is 0 Å². The van der Waals surface area contributed by atoms with Crippen LogP contribution in [0.3, 0.4) is 0 Å². The normalized spacial score (nSPS) is 10.5. The molecule has 0 aliphatic carbocycles. The zero-order chi connectivity index (χ0) is 14.0. The Morgan fingerprint density at radius 1 is 1.47 bits per heavy atom. The lowest BCUT2D eigenvalue weighted by Crippen LogP contribution is -2.00.